The summed E-state index contributed by atoms with van der Waals surface area (Å²) in [4.78, 5) is 0. The fraction of sp³-hybridized carbons (Fsp3) is 0.333. The number of anilines is 1. The lowest BCUT2D eigenvalue weighted by molar-refractivity contribution is 0.475. The molecule has 0 aromatic heterocycles. The standard InChI is InChI=1S/C9H12ClNO2S/c1-6(2)14(13)11-9-4-3-7(12)5-8(9)10/h3-6,11-12H,1-2H3. The van der Waals surface area contributed by atoms with E-state index in [9.17, 15) is 4.21 Å². The summed E-state index contributed by atoms with van der Waals surface area (Å²) in [6.45, 7) is 3.69. The molecule has 5 heteroatoms. The minimum absolute atomic E-state index is 0.0138. The Morgan fingerprint density at radius 3 is 2.64 bits per heavy atom. The number of nitrogens with one attached hydrogen (secondary N) is 1. The topological polar surface area (TPSA) is 49.3 Å². The maximum Gasteiger partial charge on any atom is 0.119 e. The molecule has 0 spiro atoms. The van der Waals surface area contributed by atoms with Gasteiger partial charge in [0.05, 0.1) is 10.7 Å². The fourth-order valence-corrected chi connectivity index (χ4v) is 1.72. The Kier molecular flexibility index (Phi) is 3.77. The molecule has 0 fully saturated rings. The van der Waals surface area contributed by atoms with Crippen LogP contribution in [0.3, 0.4) is 0 Å². The summed E-state index contributed by atoms with van der Waals surface area (Å²) in [6.07, 6.45) is 0. The lowest BCUT2D eigenvalue weighted by Gasteiger charge is -2.10. The third-order valence-electron chi connectivity index (χ3n) is 1.59. The normalized spacial score (nSPS) is 12.9. The molecular weight excluding hydrogens is 222 g/mol. The van der Waals surface area contributed by atoms with E-state index < -0.39 is 11.0 Å². The molecule has 2 N–H and O–H groups in total. The van der Waals surface area contributed by atoms with Crippen molar-refractivity contribution >= 4 is 28.3 Å². The minimum atomic E-state index is -1.16. The summed E-state index contributed by atoms with van der Waals surface area (Å²) in [7, 11) is -1.16. The van der Waals surface area contributed by atoms with Gasteiger partial charge in [0.25, 0.3) is 0 Å². The van der Waals surface area contributed by atoms with Gasteiger partial charge in [-0.2, -0.15) is 0 Å². The van der Waals surface area contributed by atoms with Gasteiger partial charge in [0.1, 0.15) is 16.7 Å². The quantitative estimate of drug-likeness (QED) is 0.789. The van der Waals surface area contributed by atoms with Crippen LogP contribution >= 0.6 is 11.6 Å². The van der Waals surface area contributed by atoms with Crippen molar-refractivity contribution < 1.29 is 9.32 Å². The molecule has 1 atom stereocenters. The minimum Gasteiger partial charge on any atom is -0.508 e. The Bertz CT molecular complexity index is 355. The van der Waals surface area contributed by atoms with E-state index in [0.29, 0.717) is 10.7 Å². The zero-order valence-corrected chi connectivity index (χ0v) is 9.52. The van der Waals surface area contributed by atoms with Gasteiger partial charge in [0.15, 0.2) is 0 Å². The molecule has 1 rings (SSSR count). The van der Waals surface area contributed by atoms with Crippen LogP contribution in [0.25, 0.3) is 0 Å². The predicted molar refractivity (Wildman–Crippen MR) is 60.0 cm³/mol. The van der Waals surface area contributed by atoms with Crippen LogP contribution in [0.4, 0.5) is 5.69 Å². The molecule has 1 unspecified atom stereocenters. The van der Waals surface area contributed by atoms with E-state index in [-0.39, 0.29) is 11.0 Å². The van der Waals surface area contributed by atoms with Crippen LogP contribution in [-0.2, 0) is 11.0 Å². The third kappa shape index (κ3) is 2.89. The number of phenols is 1. The average molecular weight is 234 g/mol. The number of aromatic hydroxyl groups is 1. The van der Waals surface area contributed by atoms with Crippen molar-refractivity contribution in [2.75, 3.05) is 4.72 Å². The Morgan fingerprint density at radius 1 is 1.50 bits per heavy atom. The summed E-state index contributed by atoms with van der Waals surface area (Å²) in [6, 6.07) is 4.49. The van der Waals surface area contributed by atoms with Crippen LogP contribution in [0.2, 0.25) is 5.02 Å². The highest BCUT2D eigenvalue weighted by atomic mass is 35.5. The molecule has 0 saturated carbocycles. The highest BCUT2D eigenvalue weighted by Crippen LogP contribution is 2.26. The molecule has 1 aromatic rings. The van der Waals surface area contributed by atoms with Crippen LogP contribution in [0, 0.1) is 0 Å². The van der Waals surface area contributed by atoms with Crippen LogP contribution in [0.5, 0.6) is 5.75 Å². The molecule has 78 valence electrons. The van der Waals surface area contributed by atoms with Gasteiger partial charge in [-0.25, -0.2) is 4.21 Å². The van der Waals surface area contributed by atoms with Gasteiger partial charge in [0.2, 0.25) is 0 Å². The van der Waals surface area contributed by atoms with Crippen molar-refractivity contribution in [1.82, 2.24) is 0 Å². The van der Waals surface area contributed by atoms with Crippen molar-refractivity contribution in [3.05, 3.63) is 23.2 Å². The second-order valence-corrected chi connectivity index (χ2v) is 5.26. The SMILES string of the molecule is CC(C)S(=O)Nc1ccc(O)cc1Cl. The van der Waals surface area contributed by atoms with Gasteiger partial charge in [-0.05, 0) is 26.0 Å². The fourth-order valence-electron chi connectivity index (χ4n) is 0.813. The van der Waals surface area contributed by atoms with Crippen LogP contribution in [0.1, 0.15) is 13.8 Å². The first-order valence-electron chi connectivity index (χ1n) is 4.16. The van der Waals surface area contributed by atoms with Crippen molar-refractivity contribution in [3.63, 3.8) is 0 Å². The molecule has 14 heavy (non-hydrogen) atoms. The van der Waals surface area contributed by atoms with E-state index in [1.807, 2.05) is 13.8 Å². The molecule has 0 radical (unpaired) electrons. The van der Waals surface area contributed by atoms with E-state index >= 15 is 0 Å². The Hall–Kier alpha value is -0.740. The molecule has 0 amide bonds. The highest BCUT2D eigenvalue weighted by molar-refractivity contribution is 7.86. The zero-order chi connectivity index (χ0) is 10.7. The third-order valence-corrected chi connectivity index (χ3v) is 3.18. The molecule has 0 bridgehead atoms. The molecular formula is C9H12ClNO2S. The smallest absolute Gasteiger partial charge is 0.119 e. The Balaban J connectivity index is 2.82. The number of hydrogen-bond acceptors (Lipinski definition) is 2. The monoisotopic (exact) mass is 233 g/mol. The largest absolute Gasteiger partial charge is 0.508 e. The maximum absolute atomic E-state index is 11.4. The lowest BCUT2D eigenvalue weighted by atomic mass is 10.3. The molecule has 0 saturated heterocycles. The molecule has 0 heterocycles. The van der Waals surface area contributed by atoms with Gasteiger partial charge in [-0.1, -0.05) is 11.6 Å². The van der Waals surface area contributed by atoms with E-state index in [1.165, 1.54) is 12.1 Å². The molecule has 3 nitrogen and oxygen atoms in total. The van der Waals surface area contributed by atoms with E-state index in [2.05, 4.69) is 4.72 Å². The van der Waals surface area contributed by atoms with Gasteiger partial charge in [-0.3, -0.25) is 0 Å². The summed E-state index contributed by atoms with van der Waals surface area (Å²) < 4.78 is 14.2. The van der Waals surface area contributed by atoms with Gasteiger partial charge >= 0.3 is 0 Å². The van der Waals surface area contributed by atoms with Crippen molar-refractivity contribution in [3.8, 4) is 5.75 Å². The first-order valence-corrected chi connectivity index (χ1v) is 5.75. The number of hydrogen-bond donors (Lipinski definition) is 2. The first kappa shape index (κ1) is 11.3. The second kappa shape index (κ2) is 4.66. The Labute approximate surface area is 90.7 Å². The van der Waals surface area contributed by atoms with Crippen molar-refractivity contribution in [1.29, 1.82) is 0 Å². The average Bonchev–Trinajstić information content (AvgIpc) is 2.09. The summed E-state index contributed by atoms with van der Waals surface area (Å²) >= 11 is 5.82. The van der Waals surface area contributed by atoms with Crippen molar-refractivity contribution in [2.24, 2.45) is 0 Å². The molecule has 0 aliphatic rings. The predicted octanol–water partition coefficient (Wildman–Crippen LogP) is 2.53. The van der Waals surface area contributed by atoms with Crippen LogP contribution < -0.4 is 4.72 Å². The van der Waals surface area contributed by atoms with Gasteiger partial charge in [-0.15, -0.1) is 0 Å². The number of phenolic OH excluding ortho intramolecular Hbond substituents is 1. The van der Waals surface area contributed by atoms with E-state index in [1.54, 1.807) is 6.07 Å². The number of benzene rings is 1. The maximum atomic E-state index is 11.4. The summed E-state index contributed by atoms with van der Waals surface area (Å²) in [5.74, 6) is 0.0934. The highest BCUT2D eigenvalue weighted by Gasteiger charge is 2.07. The molecule has 0 aliphatic carbocycles. The lowest BCUT2D eigenvalue weighted by Crippen LogP contribution is -2.14. The summed E-state index contributed by atoms with van der Waals surface area (Å²) in [5.41, 5.74) is 0.566. The Morgan fingerprint density at radius 2 is 2.14 bits per heavy atom. The van der Waals surface area contributed by atoms with E-state index in [0.717, 1.165) is 0 Å². The molecule has 1 aromatic carbocycles. The van der Waals surface area contributed by atoms with Gasteiger partial charge in [0, 0.05) is 11.3 Å². The van der Waals surface area contributed by atoms with E-state index in [4.69, 9.17) is 16.7 Å². The van der Waals surface area contributed by atoms with Crippen LogP contribution in [0.15, 0.2) is 18.2 Å². The van der Waals surface area contributed by atoms with Gasteiger partial charge < -0.3 is 9.83 Å². The first-order chi connectivity index (χ1) is 6.50. The number of halogens is 1. The second-order valence-electron chi connectivity index (χ2n) is 3.11. The van der Waals surface area contributed by atoms with Crippen LogP contribution in [-0.4, -0.2) is 14.6 Å². The molecule has 0 aliphatic heterocycles. The summed E-state index contributed by atoms with van der Waals surface area (Å²) in [5, 5.41) is 9.47. The zero-order valence-electron chi connectivity index (χ0n) is 7.95. The van der Waals surface area contributed by atoms with Crippen molar-refractivity contribution in [2.45, 2.75) is 19.1 Å². The number of rotatable bonds is 3.